The SMILES string of the molecule is CCNC(=NCc1ccc(S(=O)(=O)N(C)C)s1)N(C)Cc1csc(C)n1. The van der Waals surface area contributed by atoms with E-state index in [0.717, 1.165) is 28.1 Å². The molecule has 0 radical (unpaired) electrons. The smallest absolute Gasteiger partial charge is 0.252 e. The number of hydrogen-bond acceptors (Lipinski definition) is 6. The number of guanidine groups is 1. The van der Waals surface area contributed by atoms with Crippen LogP contribution in [0.5, 0.6) is 0 Å². The van der Waals surface area contributed by atoms with Gasteiger partial charge in [-0.25, -0.2) is 22.7 Å². The van der Waals surface area contributed by atoms with Gasteiger partial charge in [-0.05, 0) is 26.0 Å². The van der Waals surface area contributed by atoms with Crippen molar-refractivity contribution in [1.29, 1.82) is 0 Å². The molecule has 26 heavy (non-hydrogen) atoms. The first kappa shape index (κ1) is 20.8. The minimum atomic E-state index is -3.39. The van der Waals surface area contributed by atoms with Gasteiger partial charge in [0.05, 0.1) is 23.8 Å². The Morgan fingerprint density at radius 3 is 2.62 bits per heavy atom. The average Bonchev–Trinajstić information content (AvgIpc) is 3.20. The van der Waals surface area contributed by atoms with E-state index in [-0.39, 0.29) is 0 Å². The second kappa shape index (κ2) is 8.94. The van der Waals surface area contributed by atoms with Crippen LogP contribution >= 0.6 is 22.7 Å². The van der Waals surface area contributed by atoms with E-state index in [1.54, 1.807) is 17.4 Å². The van der Waals surface area contributed by atoms with E-state index in [1.165, 1.54) is 29.7 Å². The highest BCUT2D eigenvalue weighted by Gasteiger charge is 2.19. The summed E-state index contributed by atoms with van der Waals surface area (Å²) in [6, 6.07) is 3.46. The Labute approximate surface area is 163 Å². The lowest BCUT2D eigenvalue weighted by Crippen LogP contribution is -2.38. The summed E-state index contributed by atoms with van der Waals surface area (Å²) in [4.78, 5) is 12.0. The van der Waals surface area contributed by atoms with Gasteiger partial charge in [-0.3, -0.25) is 0 Å². The van der Waals surface area contributed by atoms with Crippen molar-refractivity contribution in [2.24, 2.45) is 4.99 Å². The molecule has 144 valence electrons. The molecule has 0 saturated carbocycles. The highest BCUT2D eigenvalue weighted by atomic mass is 32.2. The number of thiophene rings is 1. The van der Waals surface area contributed by atoms with E-state index in [2.05, 4.69) is 15.3 Å². The summed E-state index contributed by atoms with van der Waals surface area (Å²) < 4.78 is 25.9. The van der Waals surface area contributed by atoms with Gasteiger partial charge in [0.2, 0.25) is 0 Å². The third kappa shape index (κ3) is 5.26. The Morgan fingerprint density at radius 1 is 1.31 bits per heavy atom. The number of hydrogen-bond donors (Lipinski definition) is 1. The summed E-state index contributed by atoms with van der Waals surface area (Å²) >= 11 is 2.89. The van der Waals surface area contributed by atoms with Crippen LogP contribution in [0.4, 0.5) is 0 Å². The van der Waals surface area contributed by atoms with Crippen LogP contribution in [0.1, 0.15) is 22.5 Å². The summed E-state index contributed by atoms with van der Waals surface area (Å²) in [5.74, 6) is 0.767. The van der Waals surface area contributed by atoms with Gasteiger partial charge in [0, 0.05) is 37.9 Å². The molecule has 0 aliphatic heterocycles. The molecule has 0 saturated heterocycles. The predicted octanol–water partition coefficient (Wildman–Crippen LogP) is 2.36. The first-order valence-corrected chi connectivity index (χ1v) is 11.3. The molecule has 2 rings (SSSR count). The summed E-state index contributed by atoms with van der Waals surface area (Å²) in [6.45, 7) is 5.86. The van der Waals surface area contributed by atoms with Crippen LogP contribution in [0.3, 0.4) is 0 Å². The topological polar surface area (TPSA) is 77.9 Å². The Kier molecular flexibility index (Phi) is 7.16. The van der Waals surface area contributed by atoms with E-state index in [9.17, 15) is 8.42 Å². The van der Waals surface area contributed by atoms with Crippen molar-refractivity contribution in [3.63, 3.8) is 0 Å². The van der Waals surface area contributed by atoms with E-state index >= 15 is 0 Å². The number of thiazole rings is 1. The molecular weight excluding hydrogens is 390 g/mol. The molecule has 0 aliphatic carbocycles. The predicted molar refractivity (Wildman–Crippen MR) is 108 cm³/mol. The van der Waals surface area contributed by atoms with Crippen LogP contribution in [0, 0.1) is 6.92 Å². The van der Waals surface area contributed by atoms with Gasteiger partial charge in [-0.2, -0.15) is 0 Å². The summed E-state index contributed by atoms with van der Waals surface area (Å²) in [5.41, 5.74) is 1.01. The maximum Gasteiger partial charge on any atom is 0.252 e. The maximum absolute atomic E-state index is 12.2. The van der Waals surface area contributed by atoms with Crippen molar-refractivity contribution in [3.05, 3.63) is 33.1 Å². The molecule has 0 spiro atoms. The molecule has 0 aliphatic rings. The van der Waals surface area contributed by atoms with Crippen LogP contribution in [-0.4, -0.2) is 56.3 Å². The van der Waals surface area contributed by atoms with E-state index in [0.29, 0.717) is 17.3 Å². The zero-order valence-corrected chi connectivity index (χ0v) is 18.1. The van der Waals surface area contributed by atoms with E-state index in [1.807, 2.05) is 37.2 Å². The summed E-state index contributed by atoms with van der Waals surface area (Å²) in [7, 11) is 1.64. The van der Waals surface area contributed by atoms with Crippen molar-refractivity contribution in [2.45, 2.75) is 31.1 Å². The summed E-state index contributed by atoms with van der Waals surface area (Å²) in [5, 5.41) is 6.36. The molecule has 0 amide bonds. The van der Waals surface area contributed by atoms with Gasteiger partial charge in [0.25, 0.3) is 10.0 Å². The van der Waals surface area contributed by atoms with Crippen LogP contribution in [0.15, 0.2) is 26.7 Å². The number of aliphatic imine (C=N–C) groups is 1. The molecular formula is C16H25N5O2S3. The van der Waals surface area contributed by atoms with Gasteiger partial charge >= 0.3 is 0 Å². The van der Waals surface area contributed by atoms with Crippen molar-refractivity contribution < 1.29 is 8.42 Å². The van der Waals surface area contributed by atoms with Crippen molar-refractivity contribution in [1.82, 2.24) is 19.5 Å². The number of nitrogens with one attached hydrogen (secondary N) is 1. The lowest BCUT2D eigenvalue weighted by Gasteiger charge is -2.21. The Balaban J connectivity index is 2.10. The minimum absolute atomic E-state index is 0.337. The maximum atomic E-state index is 12.2. The normalized spacial score (nSPS) is 12.6. The molecule has 1 N–H and O–H groups in total. The summed E-state index contributed by atoms with van der Waals surface area (Å²) in [6.07, 6.45) is 0. The lowest BCUT2D eigenvalue weighted by atomic mass is 10.4. The molecule has 0 fully saturated rings. The number of rotatable bonds is 7. The molecule has 0 unspecified atom stereocenters. The van der Waals surface area contributed by atoms with Gasteiger partial charge < -0.3 is 10.2 Å². The third-order valence-electron chi connectivity index (χ3n) is 3.52. The van der Waals surface area contributed by atoms with Crippen molar-refractivity contribution in [3.8, 4) is 0 Å². The van der Waals surface area contributed by atoms with E-state index in [4.69, 9.17) is 0 Å². The second-order valence-corrected chi connectivity index (χ2v) is 10.5. The molecule has 2 heterocycles. The first-order valence-electron chi connectivity index (χ1n) is 8.15. The molecule has 0 aromatic carbocycles. The third-order valence-corrected chi connectivity index (χ3v) is 7.69. The van der Waals surface area contributed by atoms with Gasteiger partial charge in [-0.1, -0.05) is 0 Å². The number of sulfonamides is 1. The number of nitrogens with zero attached hydrogens (tertiary/aromatic N) is 4. The quantitative estimate of drug-likeness (QED) is 0.555. The lowest BCUT2D eigenvalue weighted by molar-refractivity contribution is 0.471. The van der Waals surface area contributed by atoms with Crippen molar-refractivity contribution in [2.75, 3.05) is 27.7 Å². The highest BCUT2D eigenvalue weighted by molar-refractivity contribution is 7.91. The average molecular weight is 416 g/mol. The Hall–Kier alpha value is -1.49. The fraction of sp³-hybridized carbons (Fsp3) is 0.500. The molecule has 7 nitrogen and oxygen atoms in total. The minimum Gasteiger partial charge on any atom is -0.357 e. The Morgan fingerprint density at radius 2 is 2.04 bits per heavy atom. The Bertz CT molecular complexity index is 855. The zero-order valence-electron chi connectivity index (χ0n) is 15.7. The fourth-order valence-corrected chi connectivity index (χ4v) is 5.24. The standard InChI is InChI=1S/C16H25N5O2S3/c1-6-17-16(21(5)10-13-11-24-12(2)19-13)18-9-14-7-8-15(25-14)26(22,23)20(3)4/h7-8,11H,6,9-10H2,1-5H3,(H,17,18). The van der Waals surface area contributed by atoms with Crippen LogP contribution in [-0.2, 0) is 23.1 Å². The second-order valence-electron chi connectivity index (χ2n) is 5.89. The molecule has 2 aromatic heterocycles. The monoisotopic (exact) mass is 415 g/mol. The molecule has 2 aromatic rings. The largest absolute Gasteiger partial charge is 0.357 e. The highest BCUT2D eigenvalue weighted by Crippen LogP contribution is 2.24. The molecule has 0 bridgehead atoms. The van der Waals surface area contributed by atoms with Crippen LogP contribution < -0.4 is 5.32 Å². The van der Waals surface area contributed by atoms with Gasteiger partial charge in [-0.15, -0.1) is 22.7 Å². The number of aromatic nitrogens is 1. The van der Waals surface area contributed by atoms with E-state index < -0.39 is 10.0 Å². The first-order chi connectivity index (χ1) is 12.2. The number of aryl methyl sites for hydroxylation is 1. The molecule has 0 atom stereocenters. The zero-order chi connectivity index (χ0) is 19.3. The molecule has 10 heteroatoms. The van der Waals surface area contributed by atoms with Crippen LogP contribution in [0.25, 0.3) is 0 Å². The van der Waals surface area contributed by atoms with Gasteiger partial charge in [0.1, 0.15) is 4.21 Å². The fourth-order valence-electron chi connectivity index (χ4n) is 2.18. The van der Waals surface area contributed by atoms with Crippen LogP contribution in [0.2, 0.25) is 0 Å². The van der Waals surface area contributed by atoms with Gasteiger partial charge in [0.15, 0.2) is 5.96 Å². The van der Waals surface area contributed by atoms with Crippen molar-refractivity contribution >= 4 is 38.7 Å².